The van der Waals surface area contributed by atoms with Gasteiger partial charge in [-0.25, -0.2) is 0 Å². The Morgan fingerprint density at radius 1 is 1.19 bits per heavy atom. The molecule has 0 fully saturated rings. The van der Waals surface area contributed by atoms with Crippen LogP contribution in [0.15, 0.2) is 42.5 Å². The summed E-state index contributed by atoms with van der Waals surface area (Å²) in [6.07, 6.45) is 8.75. The van der Waals surface area contributed by atoms with Gasteiger partial charge in [-0.15, -0.1) is 0 Å². The molecular formula is C15H19N. The van der Waals surface area contributed by atoms with Crippen LogP contribution < -0.4 is 5.32 Å². The van der Waals surface area contributed by atoms with Crippen LogP contribution in [0.5, 0.6) is 0 Å². The fraction of sp³-hybridized carbons (Fsp3) is 0.333. The molecule has 1 aromatic carbocycles. The molecular weight excluding hydrogens is 194 g/mol. The molecule has 16 heavy (non-hydrogen) atoms. The van der Waals surface area contributed by atoms with Gasteiger partial charge in [-0.3, -0.25) is 0 Å². The largest absolute Gasteiger partial charge is 0.378 e. The number of rotatable bonds is 3. The lowest BCUT2D eigenvalue weighted by atomic mass is 9.99. The van der Waals surface area contributed by atoms with Gasteiger partial charge in [0, 0.05) is 17.3 Å². The third kappa shape index (κ3) is 2.19. The fourth-order valence-corrected chi connectivity index (χ4v) is 2.08. The Balaban J connectivity index is 2.30. The van der Waals surface area contributed by atoms with Crippen molar-refractivity contribution in [1.82, 2.24) is 5.32 Å². The minimum Gasteiger partial charge on any atom is -0.378 e. The zero-order valence-corrected chi connectivity index (χ0v) is 10.0. The predicted octanol–water partition coefficient (Wildman–Crippen LogP) is 3.53. The van der Waals surface area contributed by atoms with E-state index in [1.165, 1.54) is 16.8 Å². The van der Waals surface area contributed by atoms with Crippen molar-refractivity contribution in [2.75, 3.05) is 0 Å². The fourth-order valence-electron chi connectivity index (χ4n) is 2.08. The van der Waals surface area contributed by atoms with E-state index < -0.39 is 0 Å². The standard InChI is InChI=1S/C15H19N/c1-3-12-8-5-6-10-14(12)15-11-7-9-13(4-2)16-15/h5-11,13,16H,3-4H2,1-2H3. The summed E-state index contributed by atoms with van der Waals surface area (Å²) >= 11 is 0. The summed E-state index contributed by atoms with van der Waals surface area (Å²) in [6, 6.07) is 9.10. The molecule has 0 radical (unpaired) electrons. The van der Waals surface area contributed by atoms with E-state index in [9.17, 15) is 0 Å². The second-order valence-electron chi connectivity index (χ2n) is 4.14. The van der Waals surface area contributed by atoms with Crippen LogP contribution in [-0.2, 0) is 6.42 Å². The first-order valence-electron chi connectivity index (χ1n) is 6.08. The van der Waals surface area contributed by atoms with Gasteiger partial charge >= 0.3 is 0 Å². The summed E-state index contributed by atoms with van der Waals surface area (Å²) in [6.45, 7) is 4.41. The van der Waals surface area contributed by atoms with Crippen LogP contribution in [0, 0.1) is 0 Å². The average molecular weight is 213 g/mol. The van der Waals surface area contributed by atoms with Crippen molar-refractivity contribution < 1.29 is 0 Å². The second kappa shape index (κ2) is 5.02. The quantitative estimate of drug-likeness (QED) is 0.810. The highest BCUT2D eigenvalue weighted by Gasteiger charge is 2.11. The van der Waals surface area contributed by atoms with E-state index in [0.29, 0.717) is 6.04 Å². The normalized spacial score (nSPS) is 19.1. The monoisotopic (exact) mass is 213 g/mol. The first kappa shape index (κ1) is 11.0. The smallest absolute Gasteiger partial charge is 0.0445 e. The minimum atomic E-state index is 0.477. The zero-order valence-electron chi connectivity index (χ0n) is 10.0. The van der Waals surface area contributed by atoms with Crippen LogP contribution in [0.2, 0.25) is 0 Å². The van der Waals surface area contributed by atoms with Crippen LogP contribution in [0.3, 0.4) is 0 Å². The SMILES string of the molecule is CCc1ccccc1C1=CC=CC(CC)N1. The second-order valence-corrected chi connectivity index (χ2v) is 4.14. The molecule has 1 aromatic rings. The summed E-state index contributed by atoms with van der Waals surface area (Å²) in [4.78, 5) is 0. The highest BCUT2D eigenvalue weighted by Crippen LogP contribution is 2.21. The van der Waals surface area contributed by atoms with Crippen LogP contribution in [0.4, 0.5) is 0 Å². The molecule has 1 aliphatic heterocycles. The van der Waals surface area contributed by atoms with Crippen LogP contribution in [0.1, 0.15) is 31.4 Å². The number of hydrogen-bond donors (Lipinski definition) is 1. The van der Waals surface area contributed by atoms with Crippen molar-refractivity contribution in [2.45, 2.75) is 32.7 Å². The number of allylic oxidation sites excluding steroid dienone is 2. The van der Waals surface area contributed by atoms with Crippen molar-refractivity contribution in [3.8, 4) is 0 Å². The van der Waals surface area contributed by atoms with Crippen LogP contribution in [0.25, 0.3) is 5.70 Å². The molecule has 1 aliphatic rings. The lowest BCUT2D eigenvalue weighted by molar-refractivity contribution is 0.683. The number of hydrogen-bond acceptors (Lipinski definition) is 1. The highest BCUT2D eigenvalue weighted by molar-refractivity contribution is 5.69. The van der Waals surface area contributed by atoms with E-state index in [1.54, 1.807) is 0 Å². The molecule has 0 amide bonds. The molecule has 0 spiro atoms. The third-order valence-electron chi connectivity index (χ3n) is 3.08. The Morgan fingerprint density at radius 3 is 2.75 bits per heavy atom. The maximum atomic E-state index is 3.57. The van der Waals surface area contributed by atoms with E-state index in [1.807, 2.05) is 0 Å². The van der Waals surface area contributed by atoms with Crippen molar-refractivity contribution >= 4 is 5.70 Å². The molecule has 1 unspecified atom stereocenters. The molecule has 1 N–H and O–H groups in total. The molecule has 1 atom stereocenters. The number of nitrogens with one attached hydrogen (secondary N) is 1. The van der Waals surface area contributed by atoms with Crippen LogP contribution in [-0.4, -0.2) is 6.04 Å². The van der Waals surface area contributed by atoms with Gasteiger partial charge in [-0.1, -0.05) is 50.3 Å². The number of dihydropyridines is 1. The minimum absolute atomic E-state index is 0.477. The molecule has 0 saturated carbocycles. The topological polar surface area (TPSA) is 12.0 Å². The Morgan fingerprint density at radius 2 is 2.00 bits per heavy atom. The molecule has 84 valence electrons. The van der Waals surface area contributed by atoms with Gasteiger partial charge in [0.15, 0.2) is 0 Å². The Bertz CT molecular complexity index is 415. The van der Waals surface area contributed by atoms with Crippen LogP contribution >= 0.6 is 0 Å². The molecule has 0 bridgehead atoms. The average Bonchev–Trinajstić information content (AvgIpc) is 2.38. The van der Waals surface area contributed by atoms with Gasteiger partial charge in [0.2, 0.25) is 0 Å². The van der Waals surface area contributed by atoms with Crippen molar-refractivity contribution in [2.24, 2.45) is 0 Å². The Kier molecular flexibility index (Phi) is 3.45. The van der Waals surface area contributed by atoms with E-state index in [-0.39, 0.29) is 0 Å². The van der Waals surface area contributed by atoms with E-state index >= 15 is 0 Å². The Labute approximate surface area is 97.9 Å². The highest BCUT2D eigenvalue weighted by atomic mass is 14.9. The lowest BCUT2D eigenvalue weighted by Crippen LogP contribution is -2.27. The first-order valence-corrected chi connectivity index (χ1v) is 6.08. The van der Waals surface area contributed by atoms with Gasteiger partial charge in [-0.05, 0) is 24.5 Å². The zero-order chi connectivity index (χ0) is 11.4. The maximum absolute atomic E-state index is 3.57. The van der Waals surface area contributed by atoms with E-state index in [4.69, 9.17) is 0 Å². The molecule has 2 rings (SSSR count). The summed E-state index contributed by atoms with van der Waals surface area (Å²) in [7, 11) is 0. The summed E-state index contributed by atoms with van der Waals surface area (Å²) in [5.74, 6) is 0. The summed E-state index contributed by atoms with van der Waals surface area (Å²) in [5.41, 5.74) is 4.01. The molecule has 1 heterocycles. The van der Waals surface area contributed by atoms with Gasteiger partial charge in [0.1, 0.15) is 0 Å². The molecule has 1 nitrogen and oxygen atoms in total. The molecule has 0 saturated heterocycles. The first-order chi connectivity index (χ1) is 7.85. The summed E-state index contributed by atoms with van der Waals surface area (Å²) in [5, 5.41) is 3.57. The molecule has 0 aliphatic carbocycles. The van der Waals surface area contributed by atoms with Crippen molar-refractivity contribution in [3.63, 3.8) is 0 Å². The van der Waals surface area contributed by atoms with Crippen molar-refractivity contribution in [3.05, 3.63) is 53.6 Å². The predicted molar refractivity (Wildman–Crippen MR) is 70.2 cm³/mol. The van der Waals surface area contributed by atoms with Gasteiger partial charge in [0.05, 0.1) is 0 Å². The molecule has 0 aromatic heterocycles. The third-order valence-corrected chi connectivity index (χ3v) is 3.08. The van der Waals surface area contributed by atoms with E-state index in [2.05, 4.69) is 61.7 Å². The molecule has 1 heteroatoms. The van der Waals surface area contributed by atoms with E-state index in [0.717, 1.165) is 12.8 Å². The summed E-state index contributed by atoms with van der Waals surface area (Å²) < 4.78 is 0. The van der Waals surface area contributed by atoms with Gasteiger partial charge in [0.25, 0.3) is 0 Å². The Hall–Kier alpha value is -1.50. The lowest BCUT2D eigenvalue weighted by Gasteiger charge is -2.22. The van der Waals surface area contributed by atoms with Crippen molar-refractivity contribution in [1.29, 1.82) is 0 Å². The number of aryl methyl sites for hydroxylation is 1. The van der Waals surface area contributed by atoms with Gasteiger partial charge < -0.3 is 5.32 Å². The maximum Gasteiger partial charge on any atom is 0.0445 e. The van der Waals surface area contributed by atoms with Gasteiger partial charge in [-0.2, -0.15) is 0 Å². The number of benzene rings is 1.